The summed E-state index contributed by atoms with van der Waals surface area (Å²) in [7, 11) is 0. The van der Waals surface area contributed by atoms with Crippen LogP contribution >= 0.6 is 11.3 Å². The Bertz CT molecular complexity index is 1140. The van der Waals surface area contributed by atoms with E-state index in [1.165, 1.54) is 23.5 Å². The molecule has 0 radical (unpaired) electrons. The number of carbonyl (C=O) groups is 1. The number of carboxylic acid groups (broad SMARTS) is 1. The summed E-state index contributed by atoms with van der Waals surface area (Å²) >= 11 is 1.44. The molecule has 1 fully saturated rings. The number of carboxylic acids is 1. The third kappa shape index (κ3) is 5.84. The van der Waals surface area contributed by atoms with Crippen LogP contribution in [0.15, 0.2) is 41.8 Å². The highest BCUT2D eigenvalue weighted by atomic mass is 32.1. The molecule has 9 heteroatoms. The van der Waals surface area contributed by atoms with Crippen molar-refractivity contribution in [2.24, 2.45) is 0 Å². The Hall–Kier alpha value is -3.07. The number of aliphatic carboxylic acids is 1. The van der Waals surface area contributed by atoms with Crippen molar-refractivity contribution in [2.75, 3.05) is 13.2 Å². The third-order valence-corrected chi connectivity index (χ3v) is 6.22. The van der Waals surface area contributed by atoms with Crippen LogP contribution in [0.2, 0.25) is 0 Å². The fourth-order valence-corrected chi connectivity index (χ4v) is 4.24. The molecule has 1 aliphatic rings. The normalized spacial score (nSPS) is 13.7. The smallest absolute Gasteiger partial charge is 0.416 e. The summed E-state index contributed by atoms with van der Waals surface area (Å²) in [5.74, 6) is 0.672. The van der Waals surface area contributed by atoms with Crippen molar-refractivity contribution in [3.63, 3.8) is 0 Å². The molecule has 1 N–H and O–H groups in total. The van der Waals surface area contributed by atoms with Gasteiger partial charge in [0, 0.05) is 22.9 Å². The molecule has 4 rings (SSSR count). The minimum Gasteiger partial charge on any atom is -0.493 e. The molecular formula is C24H22F3NO4S. The lowest BCUT2D eigenvalue weighted by Crippen LogP contribution is -2.11. The fraction of sp³-hybridized carbons (Fsp3) is 0.333. The van der Waals surface area contributed by atoms with E-state index in [0.717, 1.165) is 46.9 Å². The van der Waals surface area contributed by atoms with E-state index < -0.39 is 24.3 Å². The quantitative estimate of drug-likeness (QED) is 0.403. The number of rotatable bonds is 9. The Morgan fingerprint density at radius 3 is 2.52 bits per heavy atom. The van der Waals surface area contributed by atoms with Crippen LogP contribution in [0.4, 0.5) is 13.2 Å². The lowest BCUT2D eigenvalue weighted by atomic mass is 10.1. The van der Waals surface area contributed by atoms with Crippen molar-refractivity contribution in [1.82, 2.24) is 4.98 Å². The molecule has 5 nitrogen and oxygen atoms in total. The molecule has 0 atom stereocenters. The molecule has 1 heterocycles. The van der Waals surface area contributed by atoms with Crippen LogP contribution < -0.4 is 9.47 Å². The third-order valence-electron chi connectivity index (χ3n) is 5.31. The van der Waals surface area contributed by atoms with Crippen LogP contribution in [-0.2, 0) is 17.4 Å². The first-order chi connectivity index (χ1) is 15.7. The van der Waals surface area contributed by atoms with Gasteiger partial charge in [-0.2, -0.15) is 13.2 Å². The first-order valence-corrected chi connectivity index (χ1v) is 11.3. The number of alkyl halides is 3. The van der Waals surface area contributed by atoms with Gasteiger partial charge in [-0.25, -0.2) is 9.78 Å². The van der Waals surface area contributed by atoms with E-state index in [1.807, 2.05) is 24.4 Å². The largest absolute Gasteiger partial charge is 0.493 e. The number of nitrogens with zero attached hydrogens (tertiary/aromatic N) is 1. The van der Waals surface area contributed by atoms with E-state index in [0.29, 0.717) is 36.0 Å². The standard InChI is InChI=1S/C24H22F3NO4S/c1-14-10-21(18(15-2-3-15)11-20(14)32-12-23(29)30)31-9-8-22-28-19(13-33-22)16-4-6-17(7-5-16)24(25,26)27/h4-7,10-11,13,15H,2-3,8-9,12H2,1H3,(H,29,30). The van der Waals surface area contributed by atoms with Gasteiger partial charge in [0.15, 0.2) is 6.61 Å². The highest BCUT2D eigenvalue weighted by Gasteiger charge is 2.30. The highest BCUT2D eigenvalue weighted by Crippen LogP contribution is 2.46. The van der Waals surface area contributed by atoms with Gasteiger partial charge in [0.2, 0.25) is 0 Å². The number of aryl methyl sites for hydroxylation is 1. The molecule has 0 aliphatic heterocycles. The summed E-state index contributed by atoms with van der Waals surface area (Å²) in [6.45, 7) is 1.85. The van der Waals surface area contributed by atoms with Crippen LogP contribution in [0, 0.1) is 6.92 Å². The van der Waals surface area contributed by atoms with Crippen molar-refractivity contribution >= 4 is 17.3 Å². The van der Waals surface area contributed by atoms with Crippen LogP contribution in [0.1, 0.15) is 40.5 Å². The number of hydrogen-bond acceptors (Lipinski definition) is 5. The van der Waals surface area contributed by atoms with Gasteiger partial charge in [-0.3, -0.25) is 0 Å². The molecule has 0 unspecified atom stereocenters. The molecule has 1 aromatic heterocycles. The highest BCUT2D eigenvalue weighted by molar-refractivity contribution is 7.09. The zero-order chi connectivity index (χ0) is 23.6. The zero-order valence-corrected chi connectivity index (χ0v) is 18.6. The van der Waals surface area contributed by atoms with Crippen molar-refractivity contribution in [3.8, 4) is 22.8 Å². The lowest BCUT2D eigenvalue weighted by molar-refractivity contribution is -0.139. The SMILES string of the molecule is Cc1cc(OCCc2nc(-c3ccc(C(F)(F)F)cc3)cs2)c(C2CC2)cc1OCC(=O)O. The van der Waals surface area contributed by atoms with Gasteiger partial charge in [0.1, 0.15) is 11.5 Å². The van der Waals surface area contributed by atoms with Crippen LogP contribution in [0.25, 0.3) is 11.3 Å². The Morgan fingerprint density at radius 1 is 1.15 bits per heavy atom. The number of aromatic nitrogens is 1. The molecular weight excluding hydrogens is 455 g/mol. The first kappa shape index (κ1) is 23.1. The average Bonchev–Trinajstić information content (AvgIpc) is 3.50. The van der Waals surface area contributed by atoms with Gasteiger partial charge in [0.05, 0.1) is 22.9 Å². The second-order valence-corrected chi connectivity index (χ2v) is 8.85. The molecule has 0 spiro atoms. The predicted octanol–water partition coefficient (Wildman–Crippen LogP) is 6.10. The molecule has 2 aromatic carbocycles. The van der Waals surface area contributed by atoms with E-state index in [1.54, 1.807) is 0 Å². The number of hydrogen-bond donors (Lipinski definition) is 1. The summed E-state index contributed by atoms with van der Waals surface area (Å²) in [4.78, 5) is 15.3. The minimum atomic E-state index is -4.36. The topological polar surface area (TPSA) is 68.7 Å². The Morgan fingerprint density at radius 2 is 1.88 bits per heavy atom. The molecule has 0 saturated heterocycles. The molecule has 1 aliphatic carbocycles. The van der Waals surface area contributed by atoms with Crippen molar-refractivity contribution in [3.05, 3.63) is 63.5 Å². The molecule has 174 valence electrons. The zero-order valence-electron chi connectivity index (χ0n) is 17.8. The van der Waals surface area contributed by atoms with E-state index >= 15 is 0 Å². The molecule has 0 amide bonds. The number of benzene rings is 2. The van der Waals surface area contributed by atoms with E-state index in [-0.39, 0.29) is 0 Å². The Kier molecular flexibility index (Phi) is 6.60. The predicted molar refractivity (Wildman–Crippen MR) is 118 cm³/mol. The maximum Gasteiger partial charge on any atom is 0.416 e. The monoisotopic (exact) mass is 477 g/mol. The van der Waals surface area contributed by atoms with Crippen molar-refractivity contribution in [1.29, 1.82) is 0 Å². The van der Waals surface area contributed by atoms with Gasteiger partial charge < -0.3 is 14.6 Å². The maximum absolute atomic E-state index is 12.7. The van der Waals surface area contributed by atoms with E-state index in [9.17, 15) is 18.0 Å². The average molecular weight is 478 g/mol. The lowest BCUT2D eigenvalue weighted by Gasteiger charge is -2.15. The second kappa shape index (κ2) is 9.43. The Balaban J connectivity index is 1.39. The van der Waals surface area contributed by atoms with Crippen molar-refractivity contribution < 1.29 is 32.5 Å². The second-order valence-electron chi connectivity index (χ2n) is 7.91. The number of halogens is 3. The van der Waals surface area contributed by atoms with Gasteiger partial charge in [0.25, 0.3) is 0 Å². The fourth-order valence-electron chi connectivity index (χ4n) is 3.45. The van der Waals surface area contributed by atoms with Gasteiger partial charge >= 0.3 is 12.1 Å². The molecule has 33 heavy (non-hydrogen) atoms. The first-order valence-electron chi connectivity index (χ1n) is 10.4. The van der Waals surface area contributed by atoms with Gasteiger partial charge in [-0.1, -0.05) is 12.1 Å². The summed E-state index contributed by atoms with van der Waals surface area (Å²) in [6.07, 6.45) is -1.69. The number of ether oxygens (including phenoxy) is 2. The van der Waals surface area contributed by atoms with Gasteiger partial charge in [-0.05, 0) is 55.5 Å². The summed E-state index contributed by atoms with van der Waals surface area (Å²) in [5, 5.41) is 11.5. The van der Waals surface area contributed by atoms with Gasteiger partial charge in [-0.15, -0.1) is 11.3 Å². The van der Waals surface area contributed by atoms with E-state index in [2.05, 4.69) is 4.98 Å². The van der Waals surface area contributed by atoms with Crippen molar-refractivity contribution in [2.45, 2.75) is 38.3 Å². The maximum atomic E-state index is 12.7. The summed E-state index contributed by atoms with van der Waals surface area (Å²) in [6, 6.07) is 8.72. The Labute approximate surface area is 192 Å². The van der Waals surface area contributed by atoms with Crippen LogP contribution in [0.5, 0.6) is 11.5 Å². The molecule has 1 saturated carbocycles. The number of thiazole rings is 1. The molecule has 3 aromatic rings. The molecule has 0 bridgehead atoms. The van der Waals surface area contributed by atoms with E-state index in [4.69, 9.17) is 14.6 Å². The van der Waals surface area contributed by atoms with Crippen LogP contribution in [0.3, 0.4) is 0 Å². The minimum absolute atomic E-state index is 0.388. The summed E-state index contributed by atoms with van der Waals surface area (Å²) < 4.78 is 49.7. The summed E-state index contributed by atoms with van der Waals surface area (Å²) in [5.41, 5.74) is 2.41. The van der Waals surface area contributed by atoms with Crippen LogP contribution in [-0.4, -0.2) is 29.3 Å².